The van der Waals surface area contributed by atoms with Crippen LogP contribution in [0.5, 0.6) is 0 Å². The summed E-state index contributed by atoms with van der Waals surface area (Å²) in [6, 6.07) is 0. The molecule has 0 N–H and O–H groups in total. The molecule has 0 aromatic carbocycles. The molecule has 0 atom stereocenters. The predicted octanol–water partition coefficient (Wildman–Crippen LogP) is 2.05. The van der Waals surface area contributed by atoms with Gasteiger partial charge in [-0.1, -0.05) is 5.11 Å². The third-order valence-electron chi connectivity index (χ3n) is 2.91. The Labute approximate surface area is 91.0 Å². The predicted molar refractivity (Wildman–Crippen MR) is 59.7 cm³/mol. The van der Waals surface area contributed by atoms with Gasteiger partial charge in [0.15, 0.2) is 0 Å². The molecule has 1 aliphatic rings. The van der Waals surface area contributed by atoms with Gasteiger partial charge in [-0.05, 0) is 50.3 Å². The largest absolute Gasteiger partial charge is 0.384 e. The molecule has 0 aliphatic carbocycles. The lowest BCUT2D eigenvalue weighted by Crippen LogP contribution is -2.35. The summed E-state index contributed by atoms with van der Waals surface area (Å²) >= 11 is 0. The van der Waals surface area contributed by atoms with Crippen LogP contribution in [0.4, 0.5) is 0 Å². The van der Waals surface area contributed by atoms with Crippen molar-refractivity contribution in [1.29, 1.82) is 0 Å². The highest BCUT2D eigenvalue weighted by atomic mass is 16.5. The lowest BCUT2D eigenvalue weighted by molar-refractivity contribution is 0.0993. The molecule has 0 radical (unpaired) electrons. The molecule has 1 rings (SSSR count). The Kier molecular flexibility index (Phi) is 6.16. The summed E-state index contributed by atoms with van der Waals surface area (Å²) in [7, 11) is 1.77. The number of nitrogens with zero attached hydrogens (tertiary/aromatic N) is 4. The molecule has 5 heteroatoms. The third kappa shape index (κ3) is 5.02. The second-order valence-electron chi connectivity index (χ2n) is 4.05. The molecule has 1 heterocycles. The maximum atomic E-state index is 8.13. The molecule has 1 fully saturated rings. The molecule has 1 saturated heterocycles. The average molecular weight is 212 g/mol. The minimum atomic E-state index is 0.620. The summed E-state index contributed by atoms with van der Waals surface area (Å²) in [5.74, 6) is 0.739. The second-order valence-corrected chi connectivity index (χ2v) is 4.05. The molecule has 0 amide bonds. The van der Waals surface area contributed by atoms with E-state index in [4.69, 9.17) is 10.3 Å². The fraction of sp³-hybridized carbons (Fsp3) is 1.00. The monoisotopic (exact) mass is 212 g/mol. The first kappa shape index (κ1) is 12.3. The van der Waals surface area contributed by atoms with Crippen molar-refractivity contribution in [2.75, 3.05) is 39.9 Å². The number of likely N-dealkylation sites (tertiary alicyclic amines) is 1. The summed E-state index contributed by atoms with van der Waals surface area (Å²) in [5.41, 5.74) is 8.13. The van der Waals surface area contributed by atoms with Crippen molar-refractivity contribution in [3.05, 3.63) is 10.4 Å². The summed E-state index contributed by atoms with van der Waals surface area (Å²) in [6.07, 6.45) is 3.43. The normalized spacial score (nSPS) is 18.7. The lowest BCUT2D eigenvalue weighted by Gasteiger charge is -2.31. The molecule has 15 heavy (non-hydrogen) atoms. The molecular formula is C10H20N4O. The van der Waals surface area contributed by atoms with Gasteiger partial charge in [0.2, 0.25) is 0 Å². The van der Waals surface area contributed by atoms with Crippen LogP contribution in [0.2, 0.25) is 0 Å². The topological polar surface area (TPSA) is 61.2 Å². The molecular weight excluding hydrogens is 192 g/mol. The number of ether oxygens (including phenoxy) is 1. The van der Waals surface area contributed by atoms with Crippen LogP contribution in [0.15, 0.2) is 5.11 Å². The highest BCUT2D eigenvalue weighted by Gasteiger charge is 2.18. The zero-order valence-corrected chi connectivity index (χ0v) is 9.43. The van der Waals surface area contributed by atoms with Crippen LogP contribution < -0.4 is 0 Å². The first-order chi connectivity index (χ1) is 7.36. The van der Waals surface area contributed by atoms with E-state index in [1.54, 1.807) is 7.11 Å². The Hall–Kier alpha value is -0.770. The van der Waals surface area contributed by atoms with Gasteiger partial charge in [0.1, 0.15) is 0 Å². The molecule has 0 bridgehead atoms. The molecule has 0 aromatic rings. The maximum Gasteiger partial charge on any atom is 0.0491 e. The summed E-state index contributed by atoms with van der Waals surface area (Å²) in [6.45, 7) is 4.88. The third-order valence-corrected chi connectivity index (χ3v) is 2.91. The first-order valence-electron chi connectivity index (χ1n) is 5.59. The van der Waals surface area contributed by atoms with E-state index in [1.165, 1.54) is 12.8 Å². The van der Waals surface area contributed by atoms with Gasteiger partial charge >= 0.3 is 0 Å². The van der Waals surface area contributed by atoms with Gasteiger partial charge in [-0.3, -0.25) is 0 Å². The number of piperidine rings is 1. The summed E-state index contributed by atoms with van der Waals surface area (Å²) in [4.78, 5) is 5.19. The van der Waals surface area contributed by atoms with Crippen LogP contribution in [0.3, 0.4) is 0 Å². The van der Waals surface area contributed by atoms with Gasteiger partial charge < -0.3 is 9.64 Å². The van der Waals surface area contributed by atoms with Crippen molar-refractivity contribution in [2.24, 2.45) is 11.0 Å². The van der Waals surface area contributed by atoms with E-state index in [1.807, 2.05) is 0 Å². The van der Waals surface area contributed by atoms with Gasteiger partial charge in [-0.25, -0.2) is 0 Å². The van der Waals surface area contributed by atoms with E-state index < -0.39 is 0 Å². The van der Waals surface area contributed by atoms with Crippen molar-refractivity contribution in [2.45, 2.75) is 19.3 Å². The van der Waals surface area contributed by atoms with Crippen LogP contribution in [0.1, 0.15) is 19.3 Å². The van der Waals surface area contributed by atoms with E-state index in [0.29, 0.717) is 6.54 Å². The minimum Gasteiger partial charge on any atom is -0.384 e. The van der Waals surface area contributed by atoms with Crippen LogP contribution >= 0.6 is 0 Å². The van der Waals surface area contributed by atoms with Gasteiger partial charge in [0.05, 0.1) is 0 Å². The maximum absolute atomic E-state index is 8.13. The van der Waals surface area contributed by atoms with Gasteiger partial charge in [-0.2, -0.15) is 0 Å². The van der Waals surface area contributed by atoms with Crippen molar-refractivity contribution < 1.29 is 4.74 Å². The van der Waals surface area contributed by atoms with E-state index in [2.05, 4.69) is 14.9 Å². The Morgan fingerprint density at radius 3 is 2.80 bits per heavy atom. The fourth-order valence-electron chi connectivity index (χ4n) is 2.02. The molecule has 5 nitrogen and oxygen atoms in total. The zero-order chi connectivity index (χ0) is 10.9. The summed E-state index contributed by atoms with van der Waals surface area (Å²) < 4.78 is 5.16. The smallest absolute Gasteiger partial charge is 0.0491 e. The quantitative estimate of drug-likeness (QED) is 0.293. The van der Waals surface area contributed by atoms with E-state index in [0.717, 1.165) is 38.6 Å². The Bertz CT molecular complexity index is 207. The lowest BCUT2D eigenvalue weighted by atomic mass is 9.98. The Morgan fingerprint density at radius 1 is 1.47 bits per heavy atom. The van der Waals surface area contributed by atoms with Crippen molar-refractivity contribution in [1.82, 2.24) is 4.90 Å². The van der Waals surface area contributed by atoms with Crippen LogP contribution in [0, 0.1) is 5.92 Å². The van der Waals surface area contributed by atoms with Crippen molar-refractivity contribution >= 4 is 0 Å². The SMILES string of the molecule is COCC1CCN(CCCN=[N+]=[N-])CC1. The fourth-order valence-corrected chi connectivity index (χ4v) is 2.02. The standard InChI is InChI=1S/C10H20N4O/c1-15-9-10-3-7-14(8-4-10)6-2-5-12-13-11/h10H,2-9H2,1H3. The van der Waals surface area contributed by atoms with Crippen LogP contribution in [-0.2, 0) is 4.74 Å². The number of hydrogen-bond donors (Lipinski definition) is 0. The first-order valence-corrected chi connectivity index (χ1v) is 5.59. The van der Waals surface area contributed by atoms with Crippen LogP contribution in [0.25, 0.3) is 10.4 Å². The Balaban J connectivity index is 2.06. The number of hydrogen-bond acceptors (Lipinski definition) is 3. The molecule has 0 aromatic heterocycles. The molecule has 0 unspecified atom stereocenters. The summed E-state index contributed by atoms with van der Waals surface area (Å²) in [5, 5.41) is 3.53. The molecule has 86 valence electrons. The van der Waals surface area contributed by atoms with Crippen molar-refractivity contribution in [3.63, 3.8) is 0 Å². The van der Waals surface area contributed by atoms with Gasteiger partial charge in [-0.15, -0.1) is 0 Å². The minimum absolute atomic E-state index is 0.620. The molecule has 0 spiro atoms. The Morgan fingerprint density at radius 2 is 2.20 bits per heavy atom. The average Bonchev–Trinajstić information content (AvgIpc) is 2.27. The zero-order valence-electron chi connectivity index (χ0n) is 9.43. The van der Waals surface area contributed by atoms with Gasteiger partial charge in [0.25, 0.3) is 0 Å². The highest BCUT2D eigenvalue weighted by molar-refractivity contribution is 4.72. The van der Waals surface area contributed by atoms with Gasteiger partial charge in [0, 0.05) is 25.2 Å². The number of methoxy groups -OCH3 is 1. The molecule has 1 aliphatic heterocycles. The van der Waals surface area contributed by atoms with E-state index >= 15 is 0 Å². The van der Waals surface area contributed by atoms with Crippen LogP contribution in [-0.4, -0.2) is 44.8 Å². The van der Waals surface area contributed by atoms with E-state index in [9.17, 15) is 0 Å². The van der Waals surface area contributed by atoms with Crippen molar-refractivity contribution in [3.8, 4) is 0 Å². The molecule has 0 saturated carbocycles. The number of rotatable bonds is 6. The highest BCUT2D eigenvalue weighted by Crippen LogP contribution is 2.17. The van der Waals surface area contributed by atoms with E-state index in [-0.39, 0.29) is 0 Å². The number of azide groups is 1. The second kappa shape index (κ2) is 7.51.